The largest absolute Gasteiger partial charge is 0.444 e. The van der Waals surface area contributed by atoms with Crippen molar-refractivity contribution in [3.05, 3.63) is 60.0 Å². The predicted octanol–water partition coefficient (Wildman–Crippen LogP) is 4.31. The Morgan fingerprint density at radius 3 is 3.03 bits per heavy atom. The van der Waals surface area contributed by atoms with Crippen LogP contribution < -0.4 is 15.5 Å². The number of thioether (sulfide) groups is 1. The minimum Gasteiger partial charge on any atom is -0.444 e. The van der Waals surface area contributed by atoms with E-state index in [1.807, 2.05) is 24.3 Å². The summed E-state index contributed by atoms with van der Waals surface area (Å²) < 4.78 is 19.2. The molecule has 5 rings (SSSR count). The normalized spacial score (nSPS) is 17.7. The molecule has 0 radical (unpaired) electrons. The maximum atomic E-state index is 13.6. The number of ether oxygens (including phenoxy) is 1. The van der Waals surface area contributed by atoms with Crippen LogP contribution in [0.2, 0.25) is 0 Å². The van der Waals surface area contributed by atoms with E-state index in [0.29, 0.717) is 18.8 Å². The Bertz CT molecular complexity index is 1220. The number of fused-ring (bicyclic) bond motifs is 2. The van der Waals surface area contributed by atoms with Crippen LogP contribution in [0.4, 0.5) is 20.6 Å². The van der Waals surface area contributed by atoms with Gasteiger partial charge < -0.3 is 15.4 Å². The van der Waals surface area contributed by atoms with E-state index in [-0.39, 0.29) is 23.9 Å². The second kappa shape index (κ2) is 9.36. The zero-order valence-corrected chi connectivity index (χ0v) is 18.7. The molecule has 1 fully saturated rings. The lowest BCUT2D eigenvalue weighted by molar-refractivity contribution is -0.113. The molecule has 0 saturated carbocycles. The molecule has 1 saturated heterocycles. The fourth-order valence-corrected chi connectivity index (χ4v) is 4.92. The molecule has 7 nitrogen and oxygen atoms in total. The number of halogens is 1. The Hall–Kier alpha value is -3.17. The van der Waals surface area contributed by atoms with Gasteiger partial charge in [0, 0.05) is 28.7 Å². The van der Waals surface area contributed by atoms with Crippen molar-refractivity contribution in [3.8, 4) is 0 Å². The molecule has 0 spiro atoms. The van der Waals surface area contributed by atoms with E-state index in [0.717, 1.165) is 52.1 Å². The number of anilines is 2. The summed E-state index contributed by atoms with van der Waals surface area (Å²) >= 11 is 1.49. The summed E-state index contributed by atoms with van der Waals surface area (Å²) in [6.45, 7) is 1.83. The maximum absolute atomic E-state index is 13.6. The molecule has 170 valence electrons. The molecular weight excluding hydrogens is 443 g/mol. The first-order valence-electron chi connectivity index (χ1n) is 10.9. The topological polar surface area (TPSA) is 83.6 Å². The molecular formula is C24H23FN4O3S. The van der Waals surface area contributed by atoms with Gasteiger partial charge in [-0.15, -0.1) is 11.8 Å². The summed E-state index contributed by atoms with van der Waals surface area (Å²) in [5, 5.41) is 7.05. The average Bonchev–Trinajstić information content (AvgIpc) is 3.18. The van der Waals surface area contributed by atoms with Crippen LogP contribution >= 0.6 is 11.8 Å². The number of hydrogen-bond acceptors (Lipinski definition) is 6. The van der Waals surface area contributed by atoms with Crippen LogP contribution in [0.15, 0.2) is 53.6 Å². The molecule has 1 aromatic heterocycles. The van der Waals surface area contributed by atoms with E-state index >= 15 is 0 Å². The van der Waals surface area contributed by atoms with Crippen LogP contribution in [-0.4, -0.2) is 41.9 Å². The third-order valence-electron chi connectivity index (χ3n) is 5.77. The van der Waals surface area contributed by atoms with Gasteiger partial charge in [-0.2, -0.15) is 0 Å². The van der Waals surface area contributed by atoms with Crippen molar-refractivity contribution >= 4 is 46.0 Å². The molecule has 2 aliphatic rings. The Morgan fingerprint density at radius 1 is 1.21 bits per heavy atom. The van der Waals surface area contributed by atoms with Crippen LogP contribution in [0.1, 0.15) is 18.4 Å². The number of aromatic nitrogens is 1. The molecule has 2 N–H and O–H groups in total. The highest BCUT2D eigenvalue weighted by Gasteiger charge is 2.32. The van der Waals surface area contributed by atoms with E-state index in [9.17, 15) is 14.0 Å². The van der Waals surface area contributed by atoms with Gasteiger partial charge in [0.2, 0.25) is 5.91 Å². The summed E-state index contributed by atoms with van der Waals surface area (Å²) in [5.41, 5.74) is 3.22. The third kappa shape index (κ3) is 4.79. The minimum absolute atomic E-state index is 0.0380. The van der Waals surface area contributed by atoms with Gasteiger partial charge in [0.05, 0.1) is 23.5 Å². The second-order valence-corrected chi connectivity index (χ2v) is 9.10. The highest BCUT2D eigenvalue weighted by Crippen LogP contribution is 2.35. The number of amides is 2. The lowest BCUT2D eigenvalue weighted by Gasteiger charge is -2.20. The highest BCUT2D eigenvalue weighted by molar-refractivity contribution is 8.00. The standard InChI is InChI=1S/C24H23FN4O3S/c25-16-3-5-20-19(10-16)15(7-9-27-20)12-26-8-1-2-18-13-29(24(31)32-18)17-4-6-22-21(11-17)28-23(30)14-33-22/h3-7,9-11,18,26H,1-2,8,12-14H2,(H,28,30)/t18-/m0/s1. The number of pyridine rings is 1. The van der Waals surface area contributed by atoms with Crippen molar-refractivity contribution in [2.24, 2.45) is 0 Å². The van der Waals surface area contributed by atoms with E-state index in [2.05, 4.69) is 15.6 Å². The van der Waals surface area contributed by atoms with Gasteiger partial charge in [0.15, 0.2) is 0 Å². The van der Waals surface area contributed by atoms with Crippen molar-refractivity contribution in [2.45, 2.75) is 30.4 Å². The third-order valence-corrected chi connectivity index (χ3v) is 6.84. The summed E-state index contributed by atoms with van der Waals surface area (Å²) in [7, 11) is 0. The molecule has 0 aliphatic carbocycles. The lowest BCUT2D eigenvalue weighted by atomic mass is 10.1. The van der Waals surface area contributed by atoms with Gasteiger partial charge in [-0.1, -0.05) is 0 Å². The van der Waals surface area contributed by atoms with E-state index in [4.69, 9.17) is 4.74 Å². The first-order chi connectivity index (χ1) is 16.1. The van der Waals surface area contributed by atoms with Gasteiger partial charge in [-0.3, -0.25) is 14.7 Å². The molecule has 0 bridgehead atoms. The van der Waals surface area contributed by atoms with Crippen molar-refractivity contribution in [1.29, 1.82) is 0 Å². The number of cyclic esters (lactones) is 1. The molecule has 2 aromatic carbocycles. The zero-order chi connectivity index (χ0) is 22.8. The summed E-state index contributed by atoms with van der Waals surface area (Å²) in [6.07, 6.45) is 2.75. The quantitative estimate of drug-likeness (QED) is 0.505. The predicted molar refractivity (Wildman–Crippen MR) is 126 cm³/mol. The first kappa shape index (κ1) is 21.7. The van der Waals surface area contributed by atoms with Crippen LogP contribution in [0.25, 0.3) is 10.9 Å². The summed E-state index contributed by atoms with van der Waals surface area (Å²) in [4.78, 5) is 30.9. The number of rotatable bonds is 7. The van der Waals surface area contributed by atoms with Gasteiger partial charge in [0.1, 0.15) is 11.9 Å². The number of carbonyl (C=O) groups is 2. The van der Waals surface area contributed by atoms with Gasteiger partial charge in [-0.25, -0.2) is 9.18 Å². The van der Waals surface area contributed by atoms with Crippen LogP contribution in [0.3, 0.4) is 0 Å². The molecule has 2 aliphatic heterocycles. The van der Waals surface area contributed by atoms with Crippen LogP contribution in [-0.2, 0) is 16.1 Å². The smallest absolute Gasteiger partial charge is 0.414 e. The molecule has 33 heavy (non-hydrogen) atoms. The summed E-state index contributed by atoms with van der Waals surface area (Å²) in [5.74, 6) is 0.0935. The maximum Gasteiger partial charge on any atom is 0.414 e. The zero-order valence-electron chi connectivity index (χ0n) is 17.8. The highest BCUT2D eigenvalue weighted by atomic mass is 32.2. The second-order valence-electron chi connectivity index (χ2n) is 8.08. The van der Waals surface area contributed by atoms with Crippen LogP contribution in [0.5, 0.6) is 0 Å². The number of benzene rings is 2. The average molecular weight is 467 g/mol. The number of nitrogens with zero attached hydrogens (tertiary/aromatic N) is 2. The van der Waals surface area contributed by atoms with Gasteiger partial charge in [0.25, 0.3) is 0 Å². The molecule has 1 atom stereocenters. The molecule has 0 unspecified atom stereocenters. The Morgan fingerprint density at radius 2 is 2.12 bits per heavy atom. The van der Waals surface area contributed by atoms with Gasteiger partial charge >= 0.3 is 6.09 Å². The fourth-order valence-electron chi connectivity index (χ4n) is 4.13. The first-order valence-corrected chi connectivity index (χ1v) is 11.8. The number of hydrogen-bond donors (Lipinski definition) is 2. The van der Waals surface area contributed by atoms with Crippen molar-refractivity contribution in [1.82, 2.24) is 10.3 Å². The molecule has 2 amide bonds. The van der Waals surface area contributed by atoms with Crippen molar-refractivity contribution in [3.63, 3.8) is 0 Å². The molecule has 3 aromatic rings. The van der Waals surface area contributed by atoms with E-state index < -0.39 is 0 Å². The molecule has 3 heterocycles. The SMILES string of the molecule is O=C1CSc2ccc(N3C[C@H](CCCNCc4ccnc5ccc(F)cc45)OC3=O)cc2N1. The number of nitrogens with one attached hydrogen (secondary N) is 2. The van der Waals surface area contributed by atoms with Gasteiger partial charge in [-0.05, 0) is 67.4 Å². The lowest BCUT2D eigenvalue weighted by Crippen LogP contribution is -2.25. The Kier molecular flexibility index (Phi) is 6.15. The van der Waals surface area contributed by atoms with Crippen molar-refractivity contribution < 1.29 is 18.7 Å². The Balaban J connectivity index is 1.12. The van der Waals surface area contributed by atoms with Crippen molar-refractivity contribution in [2.75, 3.05) is 29.1 Å². The van der Waals surface area contributed by atoms with E-state index in [1.165, 1.54) is 23.9 Å². The molecule has 9 heteroatoms. The number of carbonyl (C=O) groups excluding carboxylic acids is 2. The monoisotopic (exact) mass is 466 g/mol. The fraction of sp³-hybridized carbons (Fsp3) is 0.292. The van der Waals surface area contributed by atoms with Crippen LogP contribution in [0, 0.1) is 5.82 Å². The minimum atomic E-state index is -0.368. The Labute approximate surface area is 194 Å². The summed E-state index contributed by atoms with van der Waals surface area (Å²) in [6, 6.07) is 12.1. The van der Waals surface area contributed by atoms with E-state index in [1.54, 1.807) is 17.2 Å².